The number of hydrogen-bond acceptors (Lipinski definition) is 5. The summed E-state index contributed by atoms with van der Waals surface area (Å²) in [5, 5.41) is 4.92. The third kappa shape index (κ3) is 2.46. The van der Waals surface area contributed by atoms with E-state index in [2.05, 4.69) is 15.1 Å². The van der Waals surface area contributed by atoms with Gasteiger partial charge < -0.3 is 19.1 Å². The molecule has 3 aromatic rings. The molecule has 0 aliphatic carbocycles. The average molecular weight is 326 g/mol. The molecule has 0 bridgehead atoms. The summed E-state index contributed by atoms with van der Waals surface area (Å²) >= 11 is 0. The third-order valence-electron chi connectivity index (χ3n) is 4.49. The lowest BCUT2D eigenvalue weighted by Crippen LogP contribution is -2.32. The molecule has 4 rings (SSSR count). The van der Waals surface area contributed by atoms with E-state index in [1.54, 1.807) is 18.9 Å². The number of ether oxygens (including phenoxy) is 1. The average Bonchev–Trinajstić information content (AvgIpc) is 3.31. The molecule has 1 aromatic carbocycles. The second-order valence-corrected chi connectivity index (χ2v) is 6.03. The zero-order valence-corrected chi connectivity index (χ0v) is 13.5. The van der Waals surface area contributed by atoms with Gasteiger partial charge in [-0.3, -0.25) is 4.79 Å². The van der Waals surface area contributed by atoms with Gasteiger partial charge in [0, 0.05) is 37.4 Å². The lowest BCUT2D eigenvalue weighted by molar-refractivity contribution is 0.0671. The van der Waals surface area contributed by atoms with Crippen LogP contribution in [-0.2, 0) is 4.74 Å². The summed E-state index contributed by atoms with van der Waals surface area (Å²) < 4.78 is 10.8. The standard InChI is InChI=1S/C17H18N4O3/c1-10-19-16(24-20-10)15-8-13(23-2)9-21(15)17(22)12-4-3-11-5-6-18-14(11)7-12/h3-7,13,15,18H,8-9H2,1-2H3/t13-,15-/m1/s1. The first kappa shape index (κ1) is 14.9. The lowest BCUT2D eigenvalue weighted by Gasteiger charge is -2.21. The van der Waals surface area contributed by atoms with Crippen LogP contribution in [0.1, 0.15) is 34.5 Å². The molecule has 1 fully saturated rings. The Balaban J connectivity index is 1.67. The van der Waals surface area contributed by atoms with E-state index < -0.39 is 0 Å². The number of carbonyl (C=O) groups excluding carboxylic acids is 1. The molecule has 7 nitrogen and oxygen atoms in total. The highest BCUT2D eigenvalue weighted by molar-refractivity contribution is 5.98. The van der Waals surface area contributed by atoms with E-state index >= 15 is 0 Å². The highest BCUT2D eigenvalue weighted by Gasteiger charge is 2.39. The molecule has 2 atom stereocenters. The number of aromatic nitrogens is 3. The summed E-state index contributed by atoms with van der Waals surface area (Å²) in [6, 6.07) is 7.37. The molecule has 0 spiro atoms. The van der Waals surface area contributed by atoms with Crippen LogP contribution in [0.4, 0.5) is 0 Å². The van der Waals surface area contributed by atoms with Crippen molar-refractivity contribution in [3.05, 3.63) is 47.7 Å². The van der Waals surface area contributed by atoms with Crippen LogP contribution in [0.3, 0.4) is 0 Å². The molecule has 2 aromatic heterocycles. The van der Waals surface area contributed by atoms with Crippen molar-refractivity contribution in [3.8, 4) is 0 Å². The van der Waals surface area contributed by atoms with Crippen molar-refractivity contribution in [1.29, 1.82) is 0 Å². The number of fused-ring (bicyclic) bond motifs is 1. The summed E-state index contributed by atoms with van der Waals surface area (Å²) in [6.07, 6.45) is 2.47. The zero-order chi connectivity index (χ0) is 16.7. The highest BCUT2D eigenvalue weighted by Crippen LogP contribution is 2.34. The minimum absolute atomic E-state index is 0.0413. The number of methoxy groups -OCH3 is 1. The molecule has 1 saturated heterocycles. The van der Waals surface area contributed by atoms with Gasteiger partial charge in [0.1, 0.15) is 6.04 Å². The van der Waals surface area contributed by atoms with Gasteiger partial charge in [0.05, 0.1) is 6.10 Å². The molecule has 1 aliphatic rings. The molecular formula is C17H18N4O3. The van der Waals surface area contributed by atoms with E-state index in [4.69, 9.17) is 9.26 Å². The Morgan fingerprint density at radius 1 is 1.42 bits per heavy atom. The summed E-state index contributed by atoms with van der Waals surface area (Å²) in [5.74, 6) is 0.958. The van der Waals surface area contributed by atoms with E-state index in [0.29, 0.717) is 30.2 Å². The molecular weight excluding hydrogens is 308 g/mol. The van der Waals surface area contributed by atoms with E-state index in [9.17, 15) is 4.79 Å². The minimum Gasteiger partial charge on any atom is -0.380 e. The van der Waals surface area contributed by atoms with Crippen LogP contribution in [0.5, 0.6) is 0 Å². The van der Waals surface area contributed by atoms with E-state index in [-0.39, 0.29) is 18.1 Å². The lowest BCUT2D eigenvalue weighted by atomic mass is 10.1. The summed E-state index contributed by atoms with van der Waals surface area (Å²) in [7, 11) is 1.65. The van der Waals surface area contributed by atoms with E-state index in [1.807, 2.05) is 30.5 Å². The van der Waals surface area contributed by atoms with Crippen LogP contribution in [0.2, 0.25) is 0 Å². The van der Waals surface area contributed by atoms with Crippen molar-refractivity contribution in [3.63, 3.8) is 0 Å². The summed E-state index contributed by atoms with van der Waals surface area (Å²) in [5.41, 5.74) is 1.57. The Hall–Kier alpha value is -2.67. The van der Waals surface area contributed by atoms with Crippen LogP contribution < -0.4 is 0 Å². The van der Waals surface area contributed by atoms with Crippen LogP contribution in [-0.4, -0.2) is 45.7 Å². The van der Waals surface area contributed by atoms with Crippen molar-refractivity contribution in [2.24, 2.45) is 0 Å². The number of nitrogens with zero attached hydrogens (tertiary/aromatic N) is 3. The van der Waals surface area contributed by atoms with Crippen LogP contribution in [0.15, 0.2) is 35.0 Å². The number of likely N-dealkylation sites (tertiary alicyclic amines) is 1. The number of benzene rings is 1. The van der Waals surface area contributed by atoms with Gasteiger partial charge in [-0.25, -0.2) is 0 Å². The number of H-pyrrole nitrogens is 1. The summed E-state index contributed by atoms with van der Waals surface area (Å²) in [6.45, 7) is 2.27. The van der Waals surface area contributed by atoms with Crippen LogP contribution >= 0.6 is 0 Å². The molecule has 1 N–H and O–H groups in total. The fraction of sp³-hybridized carbons (Fsp3) is 0.353. The fourth-order valence-corrected chi connectivity index (χ4v) is 3.22. The van der Waals surface area contributed by atoms with Crippen molar-refractivity contribution >= 4 is 16.8 Å². The van der Waals surface area contributed by atoms with Gasteiger partial charge in [-0.2, -0.15) is 4.98 Å². The Labute approximate surface area is 138 Å². The predicted octanol–water partition coefficient (Wildman–Crippen LogP) is 2.46. The van der Waals surface area contributed by atoms with E-state index in [0.717, 1.165) is 10.9 Å². The monoisotopic (exact) mass is 326 g/mol. The first-order valence-corrected chi connectivity index (χ1v) is 7.87. The second-order valence-electron chi connectivity index (χ2n) is 6.03. The normalized spacial score (nSPS) is 20.8. The smallest absolute Gasteiger partial charge is 0.254 e. The number of nitrogens with one attached hydrogen (secondary N) is 1. The second kappa shape index (κ2) is 5.76. The van der Waals surface area contributed by atoms with Gasteiger partial charge in [0.2, 0.25) is 5.89 Å². The maximum Gasteiger partial charge on any atom is 0.254 e. The minimum atomic E-state index is -0.261. The summed E-state index contributed by atoms with van der Waals surface area (Å²) in [4.78, 5) is 22.2. The van der Waals surface area contributed by atoms with Crippen molar-refractivity contribution in [2.45, 2.75) is 25.5 Å². The van der Waals surface area contributed by atoms with Crippen molar-refractivity contribution in [2.75, 3.05) is 13.7 Å². The van der Waals surface area contributed by atoms with Gasteiger partial charge in [0.25, 0.3) is 5.91 Å². The highest BCUT2D eigenvalue weighted by atomic mass is 16.5. The Morgan fingerprint density at radius 3 is 3.04 bits per heavy atom. The van der Waals surface area contributed by atoms with Gasteiger partial charge in [-0.05, 0) is 30.5 Å². The molecule has 0 saturated carbocycles. The molecule has 0 radical (unpaired) electrons. The number of aromatic amines is 1. The molecule has 124 valence electrons. The number of carbonyl (C=O) groups is 1. The van der Waals surface area contributed by atoms with Crippen LogP contribution in [0, 0.1) is 6.92 Å². The first-order chi connectivity index (χ1) is 11.7. The number of rotatable bonds is 3. The number of amides is 1. The number of hydrogen-bond donors (Lipinski definition) is 1. The van der Waals surface area contributed by atoms with E-state index in [1.165, 1.54) is 0 Å². The Morgan fingerprint density at radius 2 is 2.29 bits per heavy atom. The van der Waals surface area contributed by atoms with Crippen molar-refractivity contribution < 1.29 is 14.1 Å². The molecule has 1 aliphatic heterocycles. The predicted molar refractivity (Wildman–Crippen MR) is 86.5 cm³/mol. The van der Waals surface area contributed by atoms with Gasteiger partial charge in [-0.1, -0.05) is 11.2 Å². The Kier molecular flexibility index (Phi) is 3.57. The number of aryl methyl sites for hydroxylation is 1. The van der Waals surface area contributed by atoms with Gasteiger partial charge >= 0.3 is 0 Å². The van der Waals surface area contributed by atoms with Crippen LogP contribution in [0.25, 0.3) is 10.9 Å². The van der Waals surface area contributed by atoms with Crippen molar-refractivity contribution in [1.82, 2.24) is 20.0 Å². The largest absolute Gasteiger partial charge is 0.380 e. The Bertz CT molecular complexity index is 885. The topological polar surface area (TPSA) is 84.2 Å². The maximum absolute atomic E-state index is 13.0. The zero-order valence-electron chi connectivity index (χ0n) is 13.5. The third-order valence-corrected chi connectivity index (χ3v) is 4.49. The molecule has 3 heterocycles. The molecule has 24 heavy (non-hydrogen) atoms. The first-order valence-electron chi connectivity index (χ1n) is 7.87. The van der Waals surface area contributed by atoms with Gasteiger partial charge in [0.15, 0.2) is 5.82 Å². The maximum atomic E-state index is 13.0. The molecule has 1 amide bonds. The fourth-order valence-electron chi connectivity index (χ4n) is 3.22. The van der Waals surface area contributed by atoms with Gasteiger partial charge in [-0.15, -0.1) is 0 Å². The SMILES string of the molecule is CO[C@@H]1C[C@H](c2nc(C)no2)N(C(=O)c2ccc3cc[nH]c3c2)C1. The molecule has 7 heteroatoms. The quantitative estimate of drug-likeness (QED) is 0.799. The molecule has 0 unspecified atom stereocenters.